The van der Waals surface area contributed by atoms with Crippen LogP contribution in [-0.2, 0) is 11.2 Å². The second kappa shape index (κ2) is 9.88. The molecule has 0 aromatic heterocycles. The van der Waals surface area contributed by atoms with E-state index in [1.54, 1.807) is 24.3 Å². The maximum atomic E-state index is 10.4. The van der Waals surface area contributed by atoms with Crippen molar-refractivity contribution < 1.29 is 39.4 Å². The van der Waals surface area contributed by atoms with Gasteiger partial charge in [0.2, 0.25) is 5.75 Å². The molecule has 164 valence electrons. The van der Waals surface area contributed by atoms with Crippen molar-refractivity contribution in [2.24, 2.45) is 0 Å². The molecular weight excluding hydrogens is 392 g/mol. The molecule has 1 heterocycles. The molecule has 0 saturated carbocycles. The van der Waals surface area contributed by atoms with E-state index < -0.39 is 12.9 Å². The van der Waals surface area contributed by atoms with Gasteiger partial charge in [0.25, 0.3) is 0 Å². The summed E-state index contributed by atoms with van der Waals surface area (Å²) in [5.41, 5.74) is 1.68. The molecule has 1 fully saturated rings. The van der Waals surface area contributed by atoms with Crippen molar-refractivity contribution in [3.63, 3.8) is 0 Å². The zero-order valence-corrected chi connectivity index (χ0v) is 17.1. The van der Waals surface area contributed by atoms with Crippen LogP contribution in [0.4, 0.5) is 0 Å². The largest absolute Gasteiger partial charge is 0.504 e. The number of rotatable bonds is 8. The summed E-state index contributed by atoms with van der Waals surface area (Å²) in [5.74, 6) is 0.674. The Hall–Kier alpha value is -2.68. The maximum Gasteiger partial charge on any atom is 0.200 e. The Morgan fingerprint density at radius 2 is 1.70 bits per heavy atom. The fourth-order valence-corrected chi connectivity index (χ4v) is 3.72. The van der Waals surface area contributed by atoms with Crippen molar-refractivity contribution in [1.29, 1.82) is 0 Å². The number of aliphatic hydroxyl groups excluding tert-OH is 2. The van der Waals surface area contributed by atoms with E-state index in [1.807, 2.05) is 0 Å². The Morgan fingerprint density at radius 1 is 1.00 bits per heavy atom. The SMILES string of the molecule is COc1cc([C@@H]2C[C@@H](O)C[C@H](CCc3ccc(O)c(OCO)c3)O2)cc(OC)c1O. The number of hydrogen-bond acceptors (Lipinski definition) is 8. The third-order valence-electron chi connectivity index (χ3n) is 5.25. The molecule has 4 N–H and O–H groups in total. The van der Waals surface area contributed by atoms with Crippen LogP contribution in [0.5, 0.6) is 28.7 Å². The van der Waals surface area contributed by atoms with Crippen LogP contribution in [0.15, 0.2) is 30.3 Å². The molecular formula is C22H28O8. The molecule has 0 spiro atoms. The number of methoxy groups -OCH3 is 2. The first-order valence-corrected chi connectivity index (χ1v) is 9.79. The van der Waals surface area contributed by atoms with Crippen molar-refractivity contribution in [3.05, 3.63) is 41.5 Å². The molecule has 3 rings (SSSR count). The number of phenols is 2. The molecule has 2 aromatic rings. The molecule has 30 heavy (non-hydrogen) atoms. The monoisotopic (exact) mass is 420 g/mol. The van der Waals surface area contributed by atoms with Crippen molar-refractivity contribution in [2.45, 2.75) is 44.0 Å². The lowest BCUT2D eigenvalue weighted by Crippen LogP contribution is -2.31. The first-order valence-electron chi connectivity index (χ1n) is 9.79. The third-order valence-corrected chi connectivity index (χ3v) is 5.25. The van der Waals surface area contributed by atoms with E-state index in [1.165, 1.54) is 20.3 Å². The molecule has 0 bridgehead atoms. The lowest BCUT2D eigenvalue weighted by Gasteiger charge is -2.34. The quantitative estimate of drug-likeness (QED) is 0.482. The Morgan fingerprint density at radius 3 is 2.33 bits per heavy atom. The normalized spacial score (nSPS) is 21.3. The summed E-state index contributed by atoms with van der Waals surface area (Å²) in [6, 6.07) is 8.37. The third kappa shape index (κ3) is 5.08. The van der Waals surface area contributed by atoms with Gasteiger partial charge in [-0.25, -0.2) is 0 Å². The van der Waals surface area contributed by atoms with Gasteiger partial charge in [0.1, 0.15) is 0 Å². The smallest absolute Gasteiger partial charge is 0.200 e. The minimum Gasteiger partial charge on any atom is -0.504 e. The highest BCUT2D eigenvalue weighted by Gasteiger charge is 2.30. The maximum absolute atomic E-state index is 10.4. The van der Waals surface area contributed by atoms with Crippen LogP contribution in [0, 0.1) is 0 Å². The zero-order chi connectivity index (χ0) is 21.7. The molecule has 8 heteroatoms. The fraction of sp³-hybridized carbons (Fsp3) is 0.455. The zero-order valence-electron chi connectivity index (χ0n) is 17.1. The van der Waals surface area contributed by atoms with Gasteiger partial charge in [-0.05, 0) is 54.7 Å². The van der Waals surface area contributed by atoms with Crippen molar-refractivity contribution in [3.8, 4) is 28.7 Å². The molecule has 1 aliphatic heterocycles. The molecule has 0 unspecified atom stereocenters. The second-order valence-corrected chi connectivity index (χ2v) is 7.26. The minimum atomic E-state index is -0.521. The summed E-state index contributed by atoms with van der Waals surface area (Å²) in [5, 5.41) is 39.2. The highest BCUT2D eigenvalue weighted by molar-refractivity contribution is 5.53. The van der Waals surface area contributed by atoms with Gasteiger partial charge in [0.05, 0.1) is 32.5 Å². The molecule has 3 atom stereocenters. The number of aliphatic hydroxyl groups is 2. The van der Waals surface area contributed by atoms with Gasteiger partial charge >= 0.3 is 0 Å². The van der Waals surface area contributed by atoms with Crippen molar-refractivity contribution in [2.75, 3.05) is 21.0 Å². The summed E-state index contributed by atoms with van der Waals surface area (Å²) in [6.45, 7) is -0.518. The summed E-state index contributed by atoms with van der Waals surface area (Å²) >= 11 is 0. The number of aryl methyl sites for hydroxylation is 1. The summed E-state index contributed by atoms with van der Waals surface area (Å²) < 4.78 is 21.7. The predicted octanol–water partition coefficient (Wildman–Crippen LogP) is 2.66. The lowest BCUT2D eigenvalue weighted by atomic mass is 9.93. The first kappa shape index (κ1) is 22.0. The first-order chi connectivity index (χ1) is 14.4. The Kier molecular flexibility index (Phi) is 7.25. The highest BCUT2D eigenvalue weighted by Crippen LogP contribution is 2.42. The molecule has 0 radical (unpaired) electrons. The van der Waals surface area contributed by atoms with Gasteiger partial charge in [-0.2, -0.15) is 0 Å². The van der Waals surface area contributed by atoms with Crippen LogP contribution in [0.3, 0.4) is 0 Å². The lowest BCUT2D eigenvalue weighted by molar-refractivity contribution is -0.0999. The Balaban J connectivity index is 1.71. The summed E-state index contributed by atoms with van der Waals surface area (Å²) in [6.07, 6.45) is 1.18. The second-order valence-electron chi connectivity index (χ2n) is 7.26. The van der Waals surface area contributed by atoms with Crippen molar-refractivity contribution in [1.82, 2.24) is 0 Å². The molecule has 2 aromatic carbocycles. The van der Waals surface area contributed by atoms with Crippen molar-refractivity contribution >= 4 is 0 Å². The van der Waals surface area contributed by atoms with E-state index >= 15 is 0 Å². The predicted molar refractivity (Wildman–Crippen MR) is 108 cm³/mol. The summed E-state index contributed by atoms with van der Waals surface area (Å²) in [4.78, 5) is 0. The van der Waals surface area contributed by atoms with Crippen LogP contribution < -0.4 is 14.2 Å². The highest BCUT2D eigenvalue weighted by atomic mass is 16.6. The molecule has 1 aliphatic rings. The Bertz CT molecular complexity index is 828. The molecule has 1 saturated heterocycles. The summed E-state index contributed by atoms with van der Waals surface area (Å²) in [7, 11) is 2.92. The number of phenolic OH excluding ortho intramolecular Hbond substituents is 2. The van der Waals surface area contributed by atoms with Gasteiger partial charge in [0, 0.05) is 6.42 Å². The average molecular weight is 420 g/mol. The molecule has 8 nitrogen and oxygen atoms in total. The standard InChI is InChI=1S/C22H28O8/c1-27-20-8-14(9-21(28-2)22(20)26)18-11-15(24)10-16(30-18)5-3-13-4-6-17(25)19(7-13)29-12-23/h4,6-9,15-16,18,23-26H,3,5,10-12H2,1-2H3/t15-,16-,18-/m0/s1. The van der Waals surface area contributed by atoms with Gasteiger partial charge in [-0.1, -0.05) is 6.07 Å². The molecule has 0 amide bonds. The number of hydrogen-bond donors (Lipinski definition) is 4. The van der Waals surface area contributed by atoms with E-state index in [4.69, 9.17) is 24.1 Å². The Labute approximate surface area is 175 Å². The van der Waals surface area contributed by atoms with E-state index in [2.05, 4.69) is 0 Å². The van der Waals surface area contributed by atoms with Crippen LogP contribution in [-0.4, -0.2) is 53.6 Å². The van der Waals surface area contributed by atoms with E-state index in [0.717, 1.165) is 11.1 Å². The number of aromatic hydroxyl groups is 2. The average Bonchev–Trinajstić information content (AvgIpc) is 2.74. The van der Waals surface area contributed by atoms with Crippen LogP contribution >= 0.6 is 0 Å². The van der Waals surface area contributed by atoms with E-state index in [9.17, 15) is 15.3 Å². The van der Waals surface area contributed by atoms with Crippen LogP contribution in [0.2, 0.25) is 0 Å². The number of benzene rings is 2. The number of ether oxygens (including phenoxy) is 4. The van der Waals surface area contributed by atoms with Gasteiger partial charge in [0.15, 0.2) is 29.8 Å². The van der Waals surface area contributed by atoms with Gasteiger partial charge < -0.3 is 39.4 Å². The van der Waals surface area contributed by atoms with Gasteiger partial charge in [-0.15, -0.1) is 0 Å². The van der Waals surface area contributed by atoms with E-state index in [-0.39, 0.29) is 41.0 Å². The fourth-order valence-electron chi connectivity index (χ4n) is 3.72. The van der Waals surface area contributed by atoms with Crippen LogP contribution in [0.25, 0.3) is 0 Å². The topological polar surface area (TPSA) is 118 Å². The molecule has 0 aliphatic carbocycles. The van der Waals surface area contributed by atoms with E-state index in [0.29, 0.717) is 25.7 Å². The minimum absolute atomic E-state index is 0.0348. The van der Waals surface area contributed by atoms with Gasteiger partial charge in [-0.3, -0.25) is 0 Å². The van der Waals surface area contributed by atoms with Crippen LogP contribution in [0.1, 0.15) is 36.5 Å².